The number of benzene rings is 2. The van der Waals surface area contributed by atoms with Gasteiger partial charge in [0.1, 0.15) is 5.76 Å². The zero-order valence-corrected chi connectivity index (χ0v) is 23.6. The molecule has 1 amide bonds. The molecule has 38 heavy (non-hydrogen) atoms. The number of amides is 1. The average molecular weight is 543 g/mol. The number of rotatable bonds is 14. The normalized spacial score (nSPS) is 16.9. The highest BCUT2D eigenvalue weighted by molar-refractivity contribution is 6.46. The van der Waals surface area contributed by atoms with Crippen LogP contribution < -0.4 is 9.47 Å². The minimum Gasteiger partial charge on any atom is -0.507 e. The van der Waals surface area contributed by atoms with Gasteiger partial charge >= 0.3 is 0 Å². The van der Waals surface area contributed by atoms with E-state index in [-0.39, 0.29) is 11.3 Å². The van der Waals surface area contributed by atoms with Gasteiger partial charge in [0.05, 0.1) is 24.8 Å². The molecule has 1 aliphatic heterocycles. The zero-order chi connectivity index (χ0) is 27.7. The lowest BCUT2D eigenvalue weighted by atomic mass is 9.95. The number of likely N-dealkylation sites (tertiary alicyclic amines) is 1. The number of hydrogen-bond acceptors (Lipinski definition) is 6. The second-order valence-corrected chi connectivity index (χ2v) is 9.66. The first-order valence-corrected chi connectivity index (χ1v) is 13.9. The van der Waals surface area contributed by atoms with Gasteiger partial charge in [0.25, 0.3) is 11.7 Å². The van der Waals surface area contributed by atoms with Crippen LogP contribution in [0, 0.1) is 0 Å². The number of halogens is 1. The molecule has 0 radical (unpaired) electrons. The lowest BCUT2D eigenvalue weighted by molar-refractivity contribution is -0.140. The molecule has 1 atom stereocenters. The molecule has 8 heteroatoms. The summed E-state index contributed by atoms with van der Waals surface area (Å²) in [6.07, 6.45) is 2.62. The number of carbonyl (C=O) groups excluding carboxylic acids is 2. The topological polar surface area (TPSA) is 79.3 Å². The van der Waals surface area contributed by atoms with E-state index < -0.39 is 17.7 Å². The molecule has 0 aliphatic carbocycles. The molecule has 1 unspecified atom stereocenters. The van der Waals surface area contributed by atoms with E-state index in [1.165, 1.54) is 0 Å². The second-order valence-electron chi connectivity index (χ2n) is 9.22. The van der Waals surface area contributed by atoms with Crippen molar-refractivity contribution in [3.8, 4) is 11.5 Å². The number of ether oxygens (including phenoxy) is 2. The number of nitrogens with zero attached hydrogens (tertiary/aromatic N) is 2. The van der Waals surface area contributed by atoms with Crippen LogP contribution in [0.1, 0.15) is 64.1 Å². The highest BCUT2D eigenvalue weighted by Crippen LogP contribution is 2.42. The number of carbonyl (C=O) groups is 2. The molecule has 1 N–H and O–H groups in total. The van der Waals surface area contributed by atoms with Gasteiger partial charge in [-0.2, -0.15) is 0 Å². The molecule has 0 saturated carbocycles. The number of aliphatic hydroxyl groups is 1. The second kappa shape index (κ2) is 14.2. The van der Waals surface area contributed by atoms with Crippen molar-refractivity contribution in [3.05, 3.63) is 64.2 Å². The van der Waals surface area contributed by atoms with E-state index in [1.54, 1.807) is 29.2 Å². The first-order chi connectivity index (χ1) is 18.4. The van der Waals surface area contributed by atoms with E-state index >= 15 is 0 Å². The van der Waals surface area contributed by atoms with E-state index in [2.05, 4.69) is 25.7 Å². The summed E-state index contributed by atoms with van der Waals surface area (Å²) in [6.45, 7) is 12.2. The Morgan fingerprint density at radius 2 is 1.68 bits per heavy atom. The summed E-state index contributed by atoms with van der Waals surface area (Å²) in [5, 5.41) is 11.8. The highest BCUT2D eigenvalue weighted by atomic mass is 35.5. The van der Waals surface area contributed by atoms with Gasteiger partial charge in [-0.15, -0.1) is 0 Å². The van der Waals surface area contributed by atoms with Gasteiger partial charge < -0.3 is 24.4 Å². The predicted octanol–water partition coefficient (Wildman–Crippen LogP) is 6.07. The van der Waals surface area contributed by atoms with Crippen molar-refractivity contribution in [2.24, 2.45) is 0 Å². The summed E-state index contributed by atoms with van der Waals surface area (Å²) in [4.78, 5) is 30.5. The van der Waals surface area contributed by atoms with Crippen molar-refractivity contribution in [3.63, 3.8) is 0 Å². The molecule has 0 aromatic heterocycles. The van der Waals surface area contributed by atoms with Crippen LogP contribution in [0.3, 0.4) is 0 Å². The molecule has 1 heterocycles. The van der Waals surface area contributed by atoms with Crippen molar-refractivity contribution >= 4 is 29.1 Å². The van der Waals surface area contributed by atoms with E-state index in [4.69, 9.17) is 21.1 Å². The van der Waals surface area contributed by atoms with Gasteiger partial charge in [-0.1, -0.05) is 44.9 Å². The maximum atomic E-state index is 13.3. The molecule has 0 spiro atoms. The molecule has 7 nitrogen and oxygen atoms in total. The first kappa shape index (κ1) is 29.5. The molecule has 2 aromatic carbocycles. The Morgan fingerprint density at radius 3 is 2.32 bits per heavy atom. The molecular formula is C30H39ClN2O5. The van der Waals surface area contributed by atoms with Crippen LogP contribution in [0.2, 0.25) is 5.02 Å². The van der Waals surface area contributed by atoms with Crippen LogP contribution in [0.15, 0.2) is 48.0 Å². The molecule has 3 rings (SSSR count). The van der Waals surface area contributed by atoms with Gasteiger partial charge in [0, 0.05) is 17.1 Å². The van der Waals surface area contributed by atoms with E-state index in [0.717, 1.165) is 32.5 Å². The maximum absolute atomic E-state index is 13.3. The van der Waals surface area contributed by atoms with Crippen molar-refractivity contribution in [1.82, 2.24) is 9.80 Å². The Kier molecular flexibility index (Phi) is 11.0. The van der Waals surface area contributed by atoms with Crippen LogP contribution in [0.5, 0.6) is 11.5 Å². The fourth-order valence-electron chi connectivity index (χ4n) is 4.63. The lowest BCUT2D eigenvalue weighted by Gasteiger charge is -2.27. The minimum atomic E-state index is -0.758. The maximum Gasteiger partial charge on any atom is 0.295 e. The highest BCUT2D eigenvalue weighted by Gasteiger charge is 2.46. The molecule has 1 fully saturated rings. The summed E-state index contributed by atoms with van der Waals surface area (Å²) in [6, 6.07) is 11.3. The molecule has 0 bridgehead atoms. The third kappa shape index (κ3) is 6.88. The molecule has 1 saturated heterocycles. The number of unbranched alkanes of at least 4 members (excludes halogenated alkanes) is 1. The minimum absolute atomic E-state index is 0.0576. The van der Waals surface area contributed by atoms with Gasteiger partial charge in [-0.25, -0.2) is 0 Å². The van der Waals surface area contributed by atoms with Crippen LogP contribution in [-0.2, 0) is 9.59 Å². The average Bonchev–Trinajstić information content (AvgIpc) is 3.17. The van der Waals surface area contributed by atoms with Crippen LogP contribution in [0.25, 0.3) is 5.76 Å². The Labute approximate surface area is 231 Å². The fraction of sp³-hybridized carbons (Fsp3) is 0.467. The van der Waals surface area contributed by atoms with Crippen molar-refractivity contribution in [2.75, 3.05) is 39.4 Å². The number of ketones is 1. The zero-order valence-electron chi connectivity index (χ0n) is 22.8. The van der Waals surface area contributed by atoms with Crippen LogP contribution >= 0.6 is 11.6 Å². The first-order valence-electron chi connectivity index (χ1n) is 13.5. The standard InChI is InChI=1S/C30H39ClN2O5/c1-5-9-19-38-24-16-13-22(20-25(24)37-8-4)27-26(28(34)21-11-14-23(31)15-12-21)29(35)30(36)33(27)18-10-17-32(6-2)7-3/h11-16,20,27,34H,5-10,17-19H2,1-4H3. The molecule has 2 aromatic rings. The summed E-state index contributed by atoms with van der Waals surface area (Å²) in [5.41, 5.74) is 1.15. The monoisotopic (exact) mass is 542 g/mol. The Morgan fingerprint density at radius 1 is 0.974 bits per heavy atom. The van der Waals surface area contributed by atoms with Crippen LogP contribution in [0.4, 0.5) is 0 Å². The van der Waals surface area contributed by atoms with E-state index in [1.807, 2.05) is 25.1 Å². The summed E-state index contributed by atoms with van der Waals surface area (Å²) in [7, 11) is 0. The predicted molar refractivity (Wildman–Crippen MR) is 151 cm³/mol. The largest absolute Gasteiger partial charge is 0.507 e. The molecular weight excluding hydrogens is 504 g/mol. The fourth-order valence-corrected chi connectivity index (χ4v) is 4.76. The SMILES string of the molecule is CCCCOc1ccc(C2C(=C(O)c3ccc(Cl)cc3)C(=O)C(=O)N2CCCN(CC)CC)cc1OCC. The van der Waals surface area contributed by atoms with Crippen LogP contribution in [-0.4, -0.2) is 66.0 Å². The Bertz CT molecular complexity index is 1130. The Hall–Kier alpha value is -3.03. The van der Waals surface area contributed by atoms with Crippen molar-refractivity contribution in [1.29, 1.82) is 0 Å². The summed E-state index contributed by atoms with van der Waals surface area (Å²) >= 11 is 6.03. The smallest absolute Gasteiger partial charge is 0.295 e. The quantitative estimate of drug-likeness (QED) is 0.135. The van der Waals surface area contributed by atoms with Gasteiger partial charge in [0.2, 0.25) is 0 Å². The molecule has 206 valence electrons. The van der Waals surface area contributed by atoms with Gasteiger partial charge in [-0.05, 0) is 81.4 Å². The summed E-state index contributed by atoms with van der Waals surface area (Å²) in [5.74, 6) is -0.392. The third-order valence-corrected chi connectivity index (χ3v) is 7.02. The lowest BCUT2D eigenvalue weighted by Crippen LogP contribution is -2.33. The van der Waals surface area contributed by atoms with E-state index in [9.17, 15) is 14.7 Å². The molecule has 1 aliphatic rings. The summed E-state index contributed by atoms with van der Waals surface area (Å²) < 4.78 is 11.8. The van der Waals surface area contributed by atoms with Crippen molar-refractivity contribution < 1.29 is 24.2 Å². The number of hydrogen-bond donors (Lipinski definition) is 1. The van der Waals surface area contributed by atoms with E-state index in [0.29, 0.717) is 53.8 Å². The number of Topliss-reactive ketones (excluding diaryl/α,β-unsaturated/α-hetero) is 1. The number of aliphatic hydroxyl groups excluding tert-OH is 1. The van der Waals surface area contributed by atoms with Gasteiger partial charge in [0.15, 0.2) is 11.5 Å². The van der Waals surface area contributed by atoms with Gasteiger partial charge in [-0.3, -0.25) is 9.59 Å². The Balaban J connectivity index is 2.07. The third-order valence-electron chi connectivity index (χ3n) is 6.76. The van der Waals surface area contributed by atoms with Crippen molar-refractivity contribution in [2.45, 2.75) is 53.0 Å².